The van der Waals surface area contributed by atoms with Gasteiger partial charge in [-0.1, -0.05) is 74.4 Å². The number of unbranched alkanes of at least 4 members (excludes halogenated alkanes) is 1. The summed E-state index contributed by atoms with van der Waals surface area (Å²) in [4.78, 5) is 28.5. The SMILES string of the molecule is CCCC[C@@H](CNC(=O)c1cc2c(-c3ccc(F)cc3)cccc2[nH]1)NC(=O)OCc1ccccc1. The van der Waals surface area contributed by atoms with Crippen LogP contribution in [0.5, 0.6) is 0 Å². The van der Waals surface area contributed by atoms with Gasteiger partial charge in [0.2, 0.25) is 0 Å². The normalized spacial score (nSPS) is 11.7. The van der Waals surface area contributed by atoms with Gasteiger partial charge in [-0.05, 0) is 47.4 Å². The van der Waals surface area contributed by atoms with Crippen molar-refractivity contribution < 1.29 is 18.7 Å². The number of hydrogen-bond donors (Lipinski definition) is 3. The lowest BCUT2D eigenvalue weighted by Gasteiger charge is -2.19. The van der Waals surface area contributed by atoms with Crippen molar-refractivity contribution in [1.82, 2.24) is 15.6 Å². The molecule has 0 unspecified atom stereocenters. The van der Waals surface area contributed by atoms with Gasteiger partial charge < -0.3 is 20.4 Å². The summed E-state index contributed by atoms with van der Waals surface area (Å²) in [5.74, 6) is -0.563. The maximum absolute atomic E-state index is 13.4. The molecule has 0 spiro atoms. The van der Waals surface area contributed by atoms with Crippen LogP contribution in [0.25, 0.3) is 22.0 Å². The van der Waals surface area contributed by atoms with Crippen LogP contribution in [0.1, 0.15) is 42.2 Å². The number of hydrogen-bond acceptors (Lipinski definition) is 3. The van der Waals surface area contributed by atoms with Crippen molar-refractivity contribution in [2.45, 2.75) is 38.8 Å². The van der Waals surface area contributed by atoms with Crippen molar-refractivity contribution in [3.05, 3.63) is 95.9 Å². The summed E-state index contributed by atoms with van der Waals surface area (Å²) in [5.41, 5.74) is 3.91. The van der Waals surface area contributed by atoms with Crippen LogP contribution in [0.3, 0.4) is 0 Å². The molecule has 4 rings (SSSR count). The summed E-state index contributed by atoms with van der Waals surface area (Å²) in [7, 11) is 0. The first kappa shape index (κ1) is 25.0. The third kappa shape index (κ3) is 6.50. The number of ether oxygens (including phenoxy) is 1. The molecule has 0 aliphatic carbocycles. The van der Waals surface area contributed by atoms with Gasteiger partial charge in [0.1, 0.15) is 18.1 Å². The highest BCUT2D eigenvalue weighted by Crippen LogP contribution is 2.29. The number of H-pyrrole nitrogens is 1. The van der Waals surface area contributed by atoms with Crippen LogP contribution in [0.15, 0.2) is 78.9 Å². The van der Waals surface area contributed by atoms with Crippen molar-refractivity contribution in [3.63, 3.8) is 0 Å². The van der Waals surface area contributed by atoms with Crippen LogP contribution in [0.2, 0.25) is 0 Å². The van der Waals surface area contributed by atoms with E-state index in [0.717, 1.165) is 46.9 Å². The lowest BCUT2D eigenvalue weighted by molar-refractivity contribution is 0.0940. The molecule has 0 saturated heterocycles. The summed E-state index contributed by atoms with van der Waals surface area (Å²) in [6, 6.07) is 23.0. The molecule has 3 N–H and O–H groups in total. The minimum absolute atomic E-state index is 0.185. The largest absolute Gasteiger partial charge is 0.445 e. The van der Waals surface area contributed by atoms with Crippen LogP contribution in [-0.4, -0.2) is 29.6 Å². The van der Waals surface area contributed by atoms with Gasteiger partial charge in [0, 0.05) is 23.5 Å². The number of nitrogens with one attached hydrogen (secondary N) is 3. The molecule has 0 aliphatic rings. The Morgan fingerprint density at radius 1 is 1.00 bits per heavy atom. The Kier molecular flexibility index (Phi) is 8.34. The zero-order valence-electron chi connectivity index (χ0n) is 20.2. The minimum atomic E-state index is -0.510. The molecule has 0 radical (unpaired) electrons. The fourth-order valence-electron chi connectivity index (χ4n) is 4.08. The first-order valence-corrected chi connectivity index (χ1v) is 12.2. The summed E-state index contributed by atoms with van der Waals surface area (Å²) in [5, 5.41) is 6.67. The molecule has 0 saturated carbocycles. The van der Waals surface area contributed by atoms with Crippen molar-refractivity contribution in [3.8, 4) is 11.1 Å². The highest BCUT2D eigenvalue weighted by atomic mass is 19.1. The molecule has 6 nitrogen and oxygen atoms in total. The first-order chi connectivity index (χ1) is 17.5. The smallest absolute Gasteiger partial charge is 0.407 e. The standard InChI is InChI=1S/C29H30FN3O3/c1-2-3-10-23(32-29(35)36-19-20-8-5-4-6-9-20)18-31-28(34)27-17-25-24(11-7-12-26(25)33-27)21-13-15-22(30)16-14-21/h4-9,11-17,23,33H,2-3,10,18-19H2,1H3,(H,31,34)(H,32,35)/t23-/m0/s1. The van der Waals surface area contributed by atoms with E-state index in [4.69, 9.17) is 4.74 Å². The van der Waals surface area contributed by atoms with Crippen LogP contribution in [-0.2, 0) is 11.3 Å². The van der Waals surface area contributed by atoms with Crippen LogP contribution >= 0.6 is 0 Å². The summed E-state index contributed by atoms with van der Waals surface area (Å²) < 4.78 is 18.7. The van der Waals surface area contributed by atoms with E-state index >= 15 is 0 Å². The number of alkyl carbamates (subject to hydrolysis) is 1. The quantitative estimate of drug-likeness (QED) is 0.249. The molecular formula is C29H30FN3O3. The molecular weight excluding hydrogens is 457 g/mol. The van der Waals surface area contributed by atoms with E-state index in [9.17, 15) is 14.0 Å². The maximum atomic E-state index is 13.4. The molecule has 2 amide bonds. The number of rotatable bonds is 10. The summed E-state index contributed by atoms with van der Waals surface area (Å²) >= 11 is 0. The maximum Gasteiger partial charge on any atom is 0.407 e. The summed E-state index contributed by atoms with van der Waals surface area (Å²) in [6.45, 7) is 2.54. The van der Waals surface area contributed by atoms with Crippen LogP contribution in [0.4, 0.5) is 9.18 Å². The van der Waals surface area contributed by atoms with E-state index in [1.165, 1.54) is 12.1 Å². The van der Waals surface area contributed by atoms with Crippen LogP contribution < -0.4 is 10.6 Å². The zero-order chi connectivity index (χ0) is 25.3. The fraction of sp³-hybridized carbons (Fsp3) is 0.241. The zero-order valence-corrected chi connectivity index (χ0v) is 20.2. The van der Waals surface area contributed by atoms with Crippen LogP contribution in [0, 0.1) is 5.82 Å². The molecule has 36 heavy (non-hydrogen) atoms. The Balaban J connectivity index is 1.39. The van der Waals surface area contributed by atoms with Gasteiger partial charge in [-0.2, -0.15) is 0 Å². The van der Waals surface area contributed by atoms with Crippen molar-refractivity contribution in [1.29, 1.82) is 0 Å². The molecule has 7 heteroatoms. The number of halogens is 1. The van der Waals surface area contributed by atoms with Gasteiger partial charge in [0.05, 0.1) is 0 Å². The Morgan fingerprint density at radius 2 is 1.78 bits per heavy atom. The van der Waals surface area contributed by atoms with E-state index in [-0.39, 0.29) is 30.9 Å². The lowest BCUT2D eigenvalue weighted by atomic mass is 10.0. The Morgan fingerprint density at radius 3 is 2.53 bits per heavy atom. The average molecular weight is 488 g/mol. The van der Waals surface area contributed by atoms with E-state index in [1.807, 2.05) is 48.5 Å². The Labute approximate surface area is 209 Å². The van der Waals surface area contributed by atoms with Gasteiger partial charge >= 0.3 is 6.09 Å². The van der Waals surface area contributed by atoms with Gasteiger partial charge in [-0.3, -0.25) is 4.79 Å². The highest BCUT2D eigenvalue weighted by Gasteiger charge is 2.17. The van der Waals surface area contributed by atoms with E-state index < -0.39 is 6.09 Å². The molecule has 4 aromatic rings. The molecule has 0 fully saturated rings. The molecule has 186 valence electrons. The number of fused-ring (bicyclic) bond motifs is 1. The van der Waals surface area contributed by atoms with Gasteiger partial charge in [0.15, 0.2) is 0 Å². The second kappa shape index (κ2) is 12.0. The van der Waals surface area contributed by atoms with Gasteiger partial charge in [0.25, 0.3) is 5.91 Å². The number of aromatic amines is 1. The minimum Gasteiger partial charge on any atom is -0.445 e. The van der Waals surface area contributed by atoms with E-state index in [2.05, 4.69) is 22.5 Å². The van der Waals surface area contributed by atoms with Crippen molar-refractivity contribution >= 4 is 22.9 Å². The van der Waals surface area contributed by atoms with E-state index in [1.54, 1.807) is 18.2 Å². The second-order valence-electron chi connectivity index (χ2n) is 8.71. The number of aromatic nitrogens is 1. The van der Waals surface area contributed by atoms with Crippen molar-refractivity contribution in [2.75, 3.05) is 6.54 Å². The number of carbonyl (C=O) groups is 2. The third-order valence-electron chi connectivity index (χ3n) is 6.01. The average Bonchev–Trinajstić information content (AvgIpc) is 3.35. The van der Waals surface area contributed by atoms with Gasteiger partial charge in [-0.25, -0.2) is 9.18 Å². The molecule has 1 atom stereocenters. The Bertz CT molecular complexity index is 1300. The fourth-order valence-corrected chi connectivity index (χ4v) is 4.08. The highest BCUT2D eigenvalue weighted by molar-refractivity contribution is 6.02. The third-order valence-corrected chi connectivity index (χ3v) is 6.01. The predicted molar refractivity (Wildman–Crippen MR) is 139 cm³/mol. The number of carbonyl (C=O) groups excluding carboxylic acids is 2. The second-order valence-corrected chi connectivity index (χ2v) is 8.71. The Hall–Kier alpha value is -4.13. The van der Waals surface area contributed by atoms with E-state index in [0.29, 0.717) is 5.69 Å². The monoisotopic (exact) mass is 487 g/mol. The molecule has 0 aliphatic heterocycles. The molecule has 1 aromatic heterocycles. The number of benzene rings is 3. The lowest BCUT2D eigenvalue weighted by Crippen LogP contribution is -2.44. The number of amides is 2. The first-order valence-electron chi connectivity index (χ1n) is 12.2. The molecule has 3 aromatic carbocycles. The van der Waals surface area contributed by atoms with Gasteiger partial charge in [-0.15, -0.1) is 0 Å². The summed E-state index contributed by atoms with van der Waals surface area (Å²) in [6.07, 6.45) is 2.09. The molecule has 0 bridgehead atoms. The molecule has 1 heterocycles. The predicted octanol–water partition coefficient (Wildman–Crippen LogP) is 6.19. The van der Waals surface area contributed by atoms with Crippen molar-refractivity contribution in [2.24, 2.45) is 0 Å². The topological polar surface area (TPSA) is 83.2 Å².